The molecule has 5 heteroatoms. The third kappa shape index (κ3) is 2.97. The van der Waals surface area contributed by atoms with Crippen molar-refractivity contribution >= 4 is 11.9 Å². The number of carboxylic acid groups (broad SMARTS) is 1. The molecule has 1 fully saturated rings. The van der Waals surface area contributed by atoms with Crippen LogP contribution >= 0.6 is 0 Å². The van der Waals surface area contributed by atoms with Gasteiger partial charge in [-0.1, -0.05) is 13.3 Å². The molecule has 0 aromatic carbocycles. The topological polar surface area (TPSA) is 71.3 Å². The lowest BCUT2D eigenvalue weighted by atomic mass is 9.67. The molecule has 0 atom stereocenters. The lowest BCUT2D eigenvalue weighted by Crippen LogP contribution is -2.42. The molecule has 0 radical (unpaired) electrons. The van der Waals surface area contributed by atoms with Crippen molar-refractivity contribution in [1.82, 2.24) is 9.88 Å². The van der Waals surface area contributed by atoms with E-state index in [0.717, 1.165) is 6.42 Å². The minimum atomic E-state index is -1.01. The highest BCUT2D eigenvalue weighted by Gasteiger charge is 2.35. The summed E-state index contributed by atoms with van der Waals surface area (Å²) in [5.41, 5.74) is 0.422. The van der Waals surface area contributed by atoms with Gasteiger partial charge >= 0.3 is 5.97 Å². The molecule has 0 unspecified atom stereocenters. The molecule has 1 heterocycles. The highest BCUT2D eigenvalue weighted by Crippen LogP contribution is 2.42. The zero-order chi connectivity index (χ0) is 13.9. The normalized spacial score (nSPS) is 16.7. The van der Waals surface area contributed by atoms with E-state index in [2.05, 4.69) is 12.2 Å². The van der Waals surface area contributed by atoms with Gasteiger partial charge in [0.2, 0.25) is 5.91 Å². The highest BCUT2D eigenvalue weighted by molar-refractivity contribution is 5.86. The fourth-order valence-electron chi connectivity index (χ4n) is 2.57. The van der Waals surface area contributed by atoms with E-state index >= 15 is 0 Å². The molecule has 1 aromatic heterocycles. The van der Waals surface area contributed by atoms with E-state index in [1.165, 1.54) is 29.9 Å². The predicted molar refractivity (Wildman–Crippen MR) is 71.0 cm³/mol. The SMILES string of the molecule is CCC1(CNC(=O)Cn2cccc2C(=O)O)CCC1. The zero-order valence-corrected chi connectivity index (χ0v) is 11.2. The Kier molecular flexibility index (Phi) is 3.93. The maximum atomic E-state index is 11.9. The Morgan fingerprint density at radius 1 is 1.47 bits per heavy atom. The van der Waals surface area contributed by atoms with E-state index in [1.807, 2.05) is 0 Å². The van der Waals surface area contributed by atoms with Crippen molar-refractivity contribution < 1.29 is 14.7 Å². The lowest BCUT2D eigenvalue weighted by Gasteiger charge is -2.41. The molecule has 104 valence electrons. The second-order valence-corrected chi connectivity index (χ2v) is 5.31. The second-order valence-electron chi connectivity index (χ2n) is 5.31. The van der Waals surface area contributed by atoms with E-state index in [4.69, 9.17) is 5.11 Å². The van der Waals surface area contributed by atoms with Gasteiger partial charge in [-0.15, -0.1) is 0 Å². The maximum absolute atomic E-state index is 11.9. The first-order chi connectivity index (χ1) is 9.06. The Morgan fingerprint density at radius 2 is 2.21 bits per heavy atom. The highest BCUT2D eigenvalue weighted by atomic mass is 16.4. The van der Waals surface area contributed by atoms with E-state index in [0.29, 0.717) is 6.54 Å². The van der Waals surface area contributed by atoms with Crippen molar-refractivity contribution in [3.63, 3.8) is 0 Å². The molecular weight excluding hydrogens is 244 g/mol. The summed E-state index contributed by atoms with van der Waals surface area (Å²) in [7, 11) is 0. The molecule has 0 aliphatic heterocycles. The number of aromatic nitrogens is 1. The molecule has 5 nitrogen and oxygen atoms in total. The average Bonchev–Trinajstić information content (AvgIpc) is 2.76. The molecule has 1 aromatic rings. The number of nitrogens with zero attached hydrogens (tertiary/aromatic N) is 1. The van der Waals surface area contributed by atoms with E-state index < -0.39 is 5.97 Å². The third-order valence-corrected chi connectivity index (χ3v) is 4.19. The van der Waals surface area contributed by atoms with Gasteiger partial charge in [-0.25, -0.2) is 4.79 Å². The summed E-state index contributed by atoms with van der Waals surface area (Å²) in [5, 5.41) is 11.9. The molecule has 0 spiro atoms. The van der Waals surface area contributed by atoms with Gasteiger partial charge in [-0.3, -0.25) is 4.79 Å². The Labute approximate surface area is 112 Å². The first kappa shape index (κ1) is 13.6. The fourth-order valence-corrected chi connectivity index (χ4v) is 2.57. The van der Waals surface area contributed by atoms with Gasteiger partial charge in [0.05, 0.1) is 0 Å². The molecule has 0 bridgehead atoms. The number of aromatic carboxylic acids is 1. The van der Waals surface area contributed by atoms with E-state index in [-0.39, 0.29) is 23.6 Å². The van der Waals surface area contributed by atoms with Crippen LogP contribution in [0, 0.1) is 5.41 Å². The van der Waals surface area contributed by atoms with Gasteiger partial charge in [0.1, 0.15) is 12.2 Å². The Balaban J connectivity index is 1.87. The number of amides is 1. The number of carbonyl (C=O) groups is 2. The number of nitrogens with one attached hydrogen (secondary N) is 1. The van der Waals surface area contributed by atoms with Gasteiger partial charge in [0, 0.05) is 12.7 Å². The summed E-state index contributed by atoms with van der Waals surface area (Å²) in [5.74, 6) is -1.14. The van der Waals surface area contributed by atoms with Crippen molar-refractivity contribution in [3.05, 3.63) is 24.0 Å². The lowest BCUT2D eigenvalue weighted by molar-refractivity contribution is -0.122. The maximum Gasteiger partial charge on any atom is 0.352 e. The monoisotopic (exact) mass is 264 g/mol. The summed E-state index contributed by atoms with van der Waals surface area (Å²) in [6.45, 7) is 2.92. The van der Waals surface area contributed by atoms with Crippen LogP contribution in [0.15, 0.2) is 18.3 Å². The van der Waals surface area contributed by atoms with Gasteiger partial charge in [-0.05, 0) is 36.8 Å². The van der Waals surface area contributed by atoms with E-state index in [1.54, 1.807) is 12.3 Å². The quantitative estimate of drug-likeness (QED) is 0.824. The summed E-state index contributed by atoms with van der Waals surface area (Å²) in [6, 6.07) is 3.13. The fraction of sp³-hybridized carbons (Fsp3) is 0.571. The molecule has 1 aliphatic carbocycles. The zero-order valence-electron chi connectivity index (χ0n) is 11.2. The summed E-state index contributed by atoms with van der Waals surface area (Å²) in [6.07, 6.45) is 6.28. The van der Waals surface area contributed by atoms with Crippen LogP contribution in [-0.4, -0.2) is 28.1 Å². The van der Waals surface area contributed by atoms with Crippen LogP contribution in [0.25, 0.3) is 0 Å². The van der Waals surface area contributed by atoms with Crippen LogP contribution < -0.4 is 5.32 Å². The van der Waals surface area contributed by atoms with Crippen molar-refractivity contribution in [1.29, 1.82) is 0 Å². The number of rotatable bonds is 6. The molecule has 0 saturated heterocycles. The standard InChI is InChI=1S/C14H20N2O3/c1-2-14(6-4-7-14)10-15-12(17)9-16-8-3-5-11(16)13(18)19/h3,5,8H,2,4,6-7,9-10H2,1H3,(H,15,17)(H,18,19). The van der Waals surface area contributed by atoms with Crippen LogP contribution in [0.2, 0.25) is 0 Å². The minimum absolute atomic E-state index is 0.0639. The first-order valence-corrected chi connectivity index (χ1v) is 6.71. The number of hydrogen-bond donors (Lipinski definition) is 2. The van der Waals surface area contributed by atoms with Gasteiger partial charge < -0.3 is 15.0 Å². The predicted octanol–water partition coefficient (Wildman–Crippen LogP) is 1.88. The first-order valence-electron chi connectivity index (χ1n) is 6.71. The summed E-state index contributed by atoms with van der Waals surface area (Å²) in [4.78, 5) is 22.8. The van der Waals surface area contributed by atoms with Crippen molar-refractivity contribution in [2.24, 2.45) is 5.41 Å². The smallest absolute Gasteiger partial charge is 0.352 e. The third-order valence-electron chi connectivity index (χ3n) is 4.19. The molecule has 1 saturated carbocycles. The van der Waals surface area contributed by atoms with Gasteiger partial charge in [0.15, 0.2) is 0 Å². The number of carbonyl (C=O) groups excluding carboxylic acids is 1. The molecule has 1 aliphatic rings. The van der Waals surface area contributed by atoms with Gasteiger partial charge in [0.25, 0.3) is 0 Å². The minimum Gasteiger partial charge on any atom is -0.477 e. The largest absolute Gasteiger partial charge is 0.477 e. The number of hydrogen-bond acceptors (Lipinski definition) is 2. The Bertz CT molecular complexity index is 469. The van der Waals surface area contributed by atoms with Crippen molar-refractivity contribution in [2.75, 3.05) is 6.54 Å². The molecule has 2 rings (SSSR count). The van der Waals surface area contributed by atoms with Crippen LogP contribution in [0.3, 0.4) is 0 Å². The van der Waals surface area contributed by atoms with Crippen LogP contribution in [-0.2, 0) is 11.3 Å². The van der Waals surface area contributed by atoms with Crippen LogP contribution in [0.1, 0.15) is 43.1 Å². The van der Waals surface area contributed by atoms with E-state index in [9.17, 15) is 9.59 Å². The van der Waals surface area contributed by atoms with Crippen molar-refractivity contribution in [3.8, 4) is 0 Å². The molecule has 1 amide bonds. The second kappa shape index (κ2) is 5.47. The van der Waals surface area contributed by atoms with Crippen LogP contribution in [0.4, 0.5) is 0 Å². The number of carboxylic acids is 1. The van der Waals surface area contributed by atoms with Gasteiger partial charge in [-0.2, -0.15) is 0 Å². The molecular formula is C14H20N2O3. The Hall–Kier alpha value is -1.78. The molecule has 19 heavy (non-hydrogen) atoms. The molecule has 2 N–H and O–H groups in total. The van der Waals surface area contributed by atoms with Crippen LogP contribution in [0.5, 0.6) is 0 Å². The summed E-state index contributed by atoms with van der Waals surface area (Å²) >= 11 is 0. The van der Waals surface area contributed by atoms with Crippen molar-refractivity contribution in [2.45, 2.75) is 39.2 Å². The average molecular weight is 264 g/mol. The summed E-state index contributed by atoms with van der Waals surface area (Å²) < 4.78 is 1.46. The Morgan fingerprint density at radius 3 is 2.74 bits per heavy atom.